The van der Waals surface area contributed by atoms with Crippen molar-refractivity contribution in [1.29, 1.82) is 0 Å². The topological polar surface area (TPSA) is 118 Å². The molecular weight excluding hydrogens is 392 g/mol. The molecule has 150 valence electrons. The Morgan fingerprint density at radius 1 is 0.935 bits per heavy atom. The van der Waals surface area contributed by atoms with Crippen molar-refractivity contribution in [3.05, 3.63) is 55.1 Å². The monoisotopic (exact) mass is 409 g/mol. The van der Waals surface area contributed by atoms with Crippen molar-refractivity contribution in [2.45, 2.75) is 0 Å². The Morgan fingerprint density at radius 3 is 2.68 bits per heavy atom. The first-order valence-electron chi connectivity index (χ1n) is 9.68. The Hall–Kier alpha value is -4.47. The molecule has 6 heterocycles. The van der Waals surface area contributed by atoms with E-state index in [9.17, 15) is 0 Å². The maximum atomic E-state index is 4.82. The number of nitrogens with one attached hydrogen (secondary N) is 2. The number of aryl methyl sites for hydroxylation is 1. The summed E-state index contributed by atoms with van der Waals surface area (Å²) in [7, 11) is 3.82. The van der Waals surface area contributed by atoms with Crippen LogP contribution in [-0.4, -0.2) is 45.0 Å². The van der Waals surface area contributed by atoms with E-state index in [-0.39, 0.29) is 0 Å². The smallest absolute Gasteiger partial charge is 0.218 e. The predicted octanol–water partition coefficient (Wildman–Crippen LogP) is 2.18. The van der Waals surface area contributed by atoms with Crippen LogP contribution in [0.3, 0.4) is 0 Å². The van der Waals surface area contributed by atoms with E-state index in [2.05, 4.69) is 35.2 Å². The molecule has 2 N–H and O–H groups in total. The average Bonchev–Trinajstić information content (AvgIpc) is 3.50. The summed E-state index contributed by atoms with van der Waals surface area (Å²) < 4.78 is 1.93. The minimum atomic E-state index is 0.652. The molecular formula is C21H17N10+. The highest BCUT2D eigenvalue weighted by molar-refractivity contribution is 5.96. The minimum Gasteiger partial charge on any atom is -0.336 e. The van der Waals surface area contributed by atoms with Crippen molar-refractivity contribution in [2.75, 3.05) is 0 Å². The third-order valence-electron chi connectivity index (χ3n) is 5.37. The molecule has 0 spiro atoms. The van der Waals surface area contributed by atoms with Crippen LogP contribution in [0.1, 0.15) is 0 Å². The second kappa shape index (κ2) is 6.52. The van der Waals surface area contributed by atoms with Crippen molar-refractivity contribution in [1.82, 2.24) is 45.0 Å². The number of rotatable bonds is 3. The number of nitrogens with zero attached hydrogens (tertiary/aromatic N) is 8. The average molecular weight is 409 g/mol. The van der Waals surface area contributed by atoms with Crippen LogP contribution < -0.4 is 4.68 Å². The molecule has 0 aromatic carbocycles. The quantitative estimate of drug-likeness (QED) is 0.433. The van der Waals surface area contributed by atoms with Crippen molar-refractivity contribution in [2.24, 2.45) is 14.1 Å². The van der Waals surface area contributed by atoms with Gasteiger partial charge in [-0.15, -0.1) is 0 Å². The van der Waals surface area contributed by atoms with Crippen LogP contribution in [0.5, 0.6) is 0 Å². The zero-order valence-electron chi connectivity index (χ0n) is 16.8. The van der Waals surface area contributed by atoms with Gasteiger partial charge in [-0.25, -0.2) is 9.97 Å². The molecule has 0 radical (unpaired) electrons. The van der Waals surface area contributed by atoms with Crippen molar-refractivity contribution in [3.63, 3.8) is 0 Å². The summed E-state index contributed by atoms with van der Waals surface area (Å²) in [5.74, 6) is 0.652. The molecule has 0 aliphatic heterocycles. The highest BCUT2D eigenvalue weighted by Crippen LogP contribution is 2.30. The van der Waals surface area contributed by atoms with Gasteiger partial charge in [0, 0.05) is 22.9 Å². The Labute approximate surface area is 175 Å². The summed E-state index contributed by atoms with van der Waals surface area (Å²) in [6, 6.07) is 9.63. The molecule has 0 aliphatic carbocycles. The SMILES string of the molecule is Cn1ncc(-c2cc3c(-c4nc5c(-c6ccccn6)nccc5[nH]4)n[nH]c3cn2)[n+]1C. The Kier molecular flexibility index (Phi) is 3.66. The lowest BCUT2D eigenvalue weighted by atomic mass is 10.2. The zero-order valence-corrected chi connectivity index (χ0v) is 16.8. The van der Waals surface area contributed by atoms with Crippen LogP contribution in [-0.2, 0) is 14.1 Å². The molecule has 6 aromatic rings. The third-order valence-corrected chi connectivity index (χ3v) is 5.37. The zero-order chi connectivity index (χ0) is 20.9. The van der Waals surface area contributed by atoms with Crippen LogP contribution in [0.25, 0.3) is 56.2 Å². The van der Waals surface area contributed by atoms with Crippen LogP contribution in [0.4, 0.5) is 0 Å². The molecule has 0 saturated carbocycles. The summed E-state index contributed by atoms with van der Waals surface area (Å²) in [5, 5.41) is 12.8. The maximum Gasteiger partial charge on any atom is 0.218 e. The number of pyridine rings is 3. The van der Waals surface area contributed by atoms with Gasteiger partial charge in [0.25, 0.3) is 0 Å². The number of aromatic nitrogens is 10. The second-order valence-electron chi connectivity index (χ2n) is 7.19. The van der Waals surface area contributed by atoms with Gasteiger partial charge in [-0.2, -0.15) is 9.78 Å². The normalized spacial score (nSPS) is 11.5. The lowest BCUT2D eigenvalue weighted by Gasteiger charge is -1.99. The van der Waals surface area contributed by atoms with E-state index in [0.29, 0.717) is 11.5 Å². The van der Waals surface area contributed by atoms with Crippen LogP contribution in [0, 0.1) is 0 Å². The molecule has 0 atom stereocenters. The molecule has 31 heavy (non-hydrogen) atoms. The van der Waals surface area contributed by atoms with Crippen LogP contribution in [0.2, 0.25) is 0 Å². The van der Waals surface area contributed by atoms with Gasteiger partial charge in [0.2, 0.25) is 11.9 Å². The lowest BCUT2D eigenvalue weighted by Crippen LogP contribution is -2.39. The highest BCUT2D eigenvalue weighted by Gasteiger charge is 2.19. The van der Waals surface area contributed by atoms with E-state index >= 15 is 0 Å². The van der Waals surface area contributed by atoms with Crippen molar-refractivity contribution < 1.29 is 4.68 Å². The second-order valence-corrected chi connectivity index (χ2v) is 7.19. The van der Waals surface area contributed by atoms with E-state index in [4.69, 9.17) is 4.98 Å². The number of imidazole rings is 1. The number of aromatic amines is 2. The predicted molar refractivity (Wildman–Crippen MR) is 113 cm³/mol. The molecule has 6 aromatic heterocycles. The van der Waals surface area contributed by atoms with Gasteiger partial charge in [-0.05, 0) is 29.1 Å². The molecule has 0 fully saturated rings. The number of H-pyrrole nitrogens is 2. The number of hydrogen-bond acceptors (Lipinski definition) is 6. The van der Waals surface area contributed by atoms with Gasteiger partial charge < -0.3 is 4.98 Å². The fourth-order valence-electron chi connectivity index (χ4n) is 3.66. The summed E-state index contributed by atoms with van der Waals surface area (Å²) in [5.41, 5.74) is 6.37. The molecule has 6 rings (SSSR count). The van der Waals surface area contributed by atoms with Crippen LogP contribution >= 0.6 is 0 Å². The first-order chi connectivity index (χ1) is 15.2. The number of hydrogen-bond donors (Lipinski definition) is 2. The Bertz CT molecular complexity index is 1560. The molecule has 0 unspecified atom stereocenters. The summed E-state index contributed by atoms with van der Waals surface area (Å²) in [6.45, 7) is 0. The molecule has 0 aliphatic rings. The van der Waals surface area contributed by atoms with E-state index in [1.54, 1.807) is 29.6 Å². The summed E-state index contributed by atoms with van der Waals surface area (Å²) in [6.07, 6.45) is 7.07. The summed E-state index contributed by atoms with van der Waals surface area (Å²) >= 11 is 0. The van der Waals surface area contributed by atoms with E-state index < -0.39 is 0 Å². The standard InChI is InChI=1S/C21H16N10/c1-30-17(11-25-31(30)2)15-9-12-16(10-24-15)28-29-18(12)21-26-14-6-8-23-19(20(14)27-21)13-5-3-4-7-22-13/h3-11H,1-2H3,(H,22,23,24,25,26,27,29)/p+1. The Morgan fingerprint density at radius 2 is 1.87 bits per heavy atom. The molecule has 10 nitrogen and oxygen atoms in total. The highest BCUT2D eigenvalue weighted by atomic mass is 15.5. The van der Waals surface area contributed by atoms with E-state index in [0.717, 1.165) is 44.7 Å². The molecule has 10 heteroatoms. The minimum absolute atomic E-state index is 0.652. The third kappa shape index (κ3) is 2.69. The van der Waals surface area contributed by atoms with Gasteiger partial charge in [-0.1, -0.05) is 6.07 Å². The molecule has 0 amide bonds. The van der Waals surface area contributed by atoms with Gasteiger partial charge in [0.1, 0.15) is 29.6 Å². The van der Waals surface area contributed by atoms with Gasteiger partial charge >= 0.3 is 0 Å². The molecule has 0 saturated heterocycles. The maximum absolute atomic E-state index is 4.82. The van der Waals surface area contributed by atoms with E-state index in [1.807, 2.05) is 49.1 Å². The molecule has 0 bridgehead atoms. The van der Waals surface area contributed by atoms with Crippen molar-refractivity contribution in [3.8, 4) is 34.3 Å². The summed E-state index contributed by atoms with van der Waals surface area (Å²) in [4.78, 5) is 23.4. The fourth-order valence-corrected chi connectivity index (χ4v) is 3.66. The lowest BCUT2D eigenvalue weighted by molar-refractivity contribution is -0.746. The van der Waals surface area contributed by atoms with Gasteiger partial charge in [0.15, 0.2) is 5.82 Å². The van der Waals surface area contributed by atoms with Gasteiger partial charge in [0.05, 0.1) is 30.0 Å². The van der Waals surface area contributed by atoms with Gasteiger partial charge in [-0.3, -0.25) is 15.1 Å². The number of fused-ring (bicyclic) bond motifs is 2. The first kappa shape index (κ1) is 17.4. The largest absolute Gasteiger partial charge is 0.336 e. The fraction of sp³-hybridized carbons (Fsp3) is 0.0952. The van der Waals surface area contributed by atoms with E-state index in [1.165, 1.54) is 0 Å². The van der Waals surface area contributed by atoms with Crippen LogP contribution in [0.15, 0.2) is 55.1 Å². The van der Waals surface area contributed by atoms with Crippen molar-refractivity contribution >= 4 is 21.9 Å². The first-order valence-corrected chi connectivity index (χ1v) is 9.68. The Balaban J connectivity index is 1.52.